The fourth-order valence-electron chi connectivity index (χ4n) is 2.28. The lowest BCUT2D eigenvalue weighted by Gasteiger charge is -2.22. The quantitative estimate of drug-likeness (QED) is 0.742. The Morgan fingerprint density at radius 2 is 2.05 bits per heavy atom. The second-order valence-electron chi connectivity index (χ2n) is 6.23. The fourth-order valence-corrected chi connectivity index (χ4v) is 2.28. The maximum atomic E-state index is 6.29. The van der Waals surface area contributed by atoms with Crippen LogP contribution in [0.15, 0.2) is 18.2 Å². The zero-order chi connectivity index (χ0) is 14.5. The van der Waals surface area contributed by atoms with E-state index in [9.17, 15) is 0 Å². The molecule has 1 aliphatic rings. The molecule has 0 radical (unpaired) electrons. The van der Waals surface area contributed by atoms with E-state index in [1.165, 1.54) is 29.5 Å². The lowest BCUT2D eigenvalue weighted by molar-refractivity contribution is 0.102. The first-order valence-electron chi connectivity index (χ1n) is 7.65. The number of aryl methyl sites for hydroxylation is 2. The summed E-state index contributed by atoms with van der Waals surface area (Å²) >= 11 is 0. The normalized spacial score (nSPS) is 16.6. The van der Waals surface area contributed by atoms with Gasteiger partial charge in [0.25, 0.3) is 0 Å². The molecule has 20 heavy (non-hydrogen) atoms. The molecule has 0 spiro atoms. The molecule has 2 N–H and O–H groups in total. The Morgan fingerprint density at radius 1 is 1.30 bits per heavy atom. The highest BCUT2D eigenvalue weighted by Crippen LogP contribution is 2.28. The Bertz CT molecular complexity index is 429. The summed E-state index contributed by atoms with van der Waals surface area (Å²) in [5, 5.41) is 0. The lowest BCUT2D eigenvalue weighted by Crippen LogP contribution is -2.31. The maximum Gasteiger partial charge on any atom is 0.0593 e. The van der Waals surface area contributed by atoms with Crippen molar-refractivity contribution in [3.63, 3.8) is 0 Å². The van der Waals surface area contributed by atoms with Crippen LogP contribution in [-0.2, 0) is 4.74 Å². The van der Waals surface area contributed by atoms with Gasteiger partial charge in [0.1, 0.15) is 0 Å². The maximum absolute atomic E-state index is 6.29. The van der Waals surface area contributed by atoms with Gasteiger partial charge < -0.3 is 15.4 Å². The largest absolute Gasteiger partial charge is 0.380 e. The lowest BCUT2D eigenvalue weighted by atomic mass is 10.0. The van der Waals surface area contributed by atoms with Crippen molar-refractivity contribution in [2.75, 3.05) is 33.4 Å². The number of nitrogens with two attached hydrogens (primary N) is 1. The zero-order valence-corrected chi connectivity index (χ0v) is 13.1. The van der Waals surface area contributed by atoms with E-state index >= 15 is 0 Å². The third-order valence-corrected chi connectivity index (χ3v) is 4.14. The molecule has 0 heterocycles. The summed E-state index contributed by atoms with van der Waals surface area (Å²) in [5.74, 6) is 0.845. The summed E-state index contributed by atoms with van der Waals surface area (Å²) in [6.07, 6.45) is 2.71. The molecule has 0 aromatic heterocycles. The number of hydrogen-bond donors (Lipinski definition) is 1. The molecule has 1 saturated carbocycles. The minimum Gasteiger partial charge on any atom is -0.380 e. The molecule has 3 nitrogen and oxygen atoms in total. The SMILES string of the molecule is Cc1ccc(C(N)CN(C)CCOCC2CC2)cc1C. The molecule has 3 heteroatoms. The predicted molar refractivity (Wildman–Crippen MR) is 83.9 cm³/mol. The summed E-state index contributed by atoms with van der Waals surface area (Å²) in [6.45, 7) is 7.85. The highest BCUT2D eigenvalue weighted by atomic mass is 16.5. The van der Waals surface area contributed by atoms with Crippen LogP contribution < -0.4 is 5.73 Å². The summed E-state index contributed by atoms with van der Waals surface area (Å²) in [5.41, 5.74) is 10.2. The molecule has 0 bridgehead atoms. The van der Waals surface area contributed by atoms with Gasteiger partial charge in [-0.25, -0.2) is 0 Å². The van der Waals surface area contributed by atoms with Crippen LogP contribution in [0.1, 0.15) is 35.6 Å². The third kappa shape index (κ3) is 4.89. The fraction of sp³-hybridized carbons (Fsp3) is 0.647. The average Bonchev–Trinajstić information content (AvgIpc) is 3.22. The van der Waals surface area contributed by atoms with E-state index in [0.29, 0.717) is 0 Å². The van der Waals surface area contributed by atoms with Gasteiger partial charge >= 0.3 is 0 Å². The molecular formula is C17H28N2O. The number of hydrogen-bond acceptors (Lipinski definition) is 3. The van der Waals surface area contributed by atoms with E-state index in [1.54, 1.807) is 0 Å². The second-order valence-corrected chi connectivity index (χ2v) is 6.23. The number of rotatable bonds is 8. The summed E-state index contributed by atoms with van der Waals surface area (Å²) < 4.78 is 5.67. The van der Waals surface area contributed by atoms with Crippen molar-refractivity contribution in [3.8, 4) is 0 Å². The van der Waals surface area contributed by atoms with Crippen LogP contribution >= 0.6 is 0 Å². The van der Waals surface area contributed by atoms with E-state index in [2.05, 4.69) is 44.0 Å². The summed E-state index contributed by atoms with van der Waals surface area (Å²) in [7, 11) is 2.11. The molecule has 1 atom stereocenters. The van der Waals surface area contributed by atoms with Crippen LogP contribution in [0.5, 0.6) is 0 Å². The van der Waals surface area contributed by atoms with E-state index in [-0.39, 0.29) is 6.04 Å². The van der Waals surface area contributed by atoms with Gasteiger partial charge in [-0.15, -0.1) is 0 Å². The first kappa shape index (κ1) is 15.5. The summed E-state index contributed by atoms with van der Waals surface area (Å²) in [4.78, 5) is 2.26. The van der Waals surface area contributed by atoms with Gasteiger partial charge in [0, 0.05) is 25.7 Å². The average molecular weight is 276 g/mol. The highest BCUT2D eigenvalue weighted by molar-refractivity contribution is 5.31. The van der Waals surface area contributed by atoms with E-state index in [0.717, 1.165) is 32.2 Å². The van der Waals surface area contributed by atoms with E-state index in [4.69, 9.17) is 10.5 Å². The molecule has 112 valence electrons. The Balaban J connectivity index is 1.71. The molecule has 1 aromatic carbocycles. The first-order chi connectivity index (χ1) is 9.56. The Hall–Kier alpha value is -0.900. The summed E-state index contributed by atoms with van der Waals surface area (Å²) in [6, 6.07) is 6.58. The van der Waals surface area contributed by atoms with Gasteiger partial charge in [0.05, 0.1) is 6.61 Å². The number of likely N-dealkylation sites (N-methyl/N-ethyl adjacent to an activating group) is 1. The van der Waals surface area contributed by atoms with Crippen molar-refractivity contribution in [3.05, 3.63) is 34.9 Å². The predicted octanol–water partition coefficient (Wildman–Crippen LogP) is 2.66. The number of benzene rings is 1. The van der Waals surface area contributed by atoms with Gasteiger partial charge in [-0.2, -0.15) is 0 Å². The molecule has 0 saturated heterocycles. The van der Waals surface area contributed by atoms with Gasteiger partial charge in [0.15, 0.2) is 0 Å². The smallest absolute Gasteiger partial charge is 0.0593 e. The van der Waals surface area contributed by atoms with Crippen LogP contribution in [0.3, 0.4) is 0 Å². The van der Waals surface area contributed by atoms with Crippen LogP contribution in [0.4, 0.5) is 0 Å². The van der Waals surface area contributed by atoms with Crippen molar-refractivity contribution in [2.45, 2.75) is 32.7 Å². The molecular weight excluding hydrogens is 248 g/mol. The molecule has 1 aromatic rings. The van der Waals surface area contributed by atoms with Gasteiger partial charge in [-0.05, 0) is 56.3 Å². The molecule has 1 unspecified atom stereocenters. The highest BCUT2D eigenvalue weighted by Gasteiger charge is 2.21. The van der Waals surface area contributed by atoms with Crippen LogP contribution in [-0.4, -0.2) is 38.3 Å². The van der Waals surface area contributed by atoms with Crippen molar-refractivity contribution in [1.29, 1.82) is 0 Å². The third-order valence-electron chi connectivity index (χ3n) is 4.14. The minimum absolute atomic E-state index is 0.0720. The Labute approximate surface area is 123 Å². The molecule has 0 amide bonds. The van der Waals surface area contributed by atoms with Crippen LogP contribution in [0.25, 0.3) is 0 Å². The zero-order valence-electron chi connectivity index (χ0n) is 13.1. The van der Waals surface area contributed by atoms with Gasteiger partial charge in [-0.3, -0.25) is 0 Å². The topological polar surface area (TPSA) is 38.5 Å². The van der Waals surface area contributed by atoms with Gasteiger partial charge in [-0.1, -0.05) is 18.2 Å². The molecule has 1 fully saturated rings. The molecule has 0 aliphatic heterocycles. The molecule has 2 rings (SSSR count). The van der Waals surface area contributed by atoms with Crippen LogP contribution in [0.2, 0.25) is 0 Å². The van der Waals surface area contributed by atoms with E-state index < -0.39 is 0 Å². The van der Waals surface area contributed by atoms with Crippen molar-refractivity contribution in [1.82, 2.24) is 4.90 Å². The monoisotopic (exact) mass is 276 g/mol. The number of nitrogens with zero attached hydrogens (tertiary/aromatic N) is 1. The van der Waals surface area contributed by atoms with Gasteiger partial charge in [0.2, 0.25) is 0 Å². The standard InChI is InChI=1S/C17H28N2O/c1-13-4-7-16(10-14(13)2)17(18)11-19(3)8-9-20-12-15-5-6-15/h4,7,10,15,17H,5-6,8-9,11-12,18H2,1-3H3. The first-order valence-corrected chi connectivity index (χ1v) is 7.65. The Kier molecular flexibility index (Phi) is 5.58. The van der Waals surface area contributed by atoms with Crippen LogP contribution in [0, 0.1) is 19.8 Å². The van der Waals surface area contributed by atoms with Crippen molar-refractivity contribution < 1.29 is 4.74 Å². The second kappa shape index (κ2) is 7.21. The Morgan fingerprint density at radius 3 is 2.70 bits per heavy atom. The van der Waals surface area contributed by atoms with E-state index in [1.807, 2.05) is 0 Å². The number of ether oxygens (including phenoxy) is 1. The minimum atomic E-state index is 0.0720. The van der Waals surface area contributed by atoms with Crippen molar-refractivity contribution >= 4 is 0 Å². The van der Waals surface area contributed by atoms with Crippen molar-refractivity contribution in [2.24, 2.45) is 11.7 Å². The molecule has 1 aliphatic carbocycles.